The Morgan fingerprint density at radius 1 is 1.73 bits per heavy atom. The van der Waals surface area contributed by atoms with E-state index in [1.807, 2.05) is 0 Å². The third-order valence-electron chi connectivity index (χ3n) is 2.18. The molecule has 11 heavy (non-hydrogen) atoms. The highest BCUT2D eigenvalue weighted by atomic mass is 16.5. The molecule has 0 aromatic heterocycles. The average Bonchev–Trinajstić information content (AvgIpc) is 2.06. The molecular weight excluding hydrogens is 135 g/mol. The van der Waals surface area contributed by atoms with Crippen molar-refractivity contribution in [3.8, 4) is 0 Å². The molecule has 0 N–H and O–H groups in total. The van der Waals surface area contributed by atoms with E-state index in [1.54, 1.807) is 7.11 Å². The van der Waals surface area contributed by atoms with E-state index in [-0.39, 0.29) is 0 Å². The number of methoxy groups -OCH3 is 1. The minimum absolute atomic E-state index is 0.605. The maximum atomic E-state index is 5.58. The van der Waals surface area contributed by atoms with Gasteiger partial charge in [-0.15, -0.1) is 0 Å². The number of allylic oxidation sites excluding steroid dienone is 1. The molecule has 0 aromatic carbocycles. The summed E-state index contributed by atoms with van der Waals surface area (Å²) in [4.78, 5) is 0. The van der Waals surface area contributed by atoms with Gasteiger partial charge in [-0.3, -0.25) is 0 Å². The van der Waals surface area contributed by atoms with Crippen LogP contribution >= 0.6 is 0 Å². The second-order valence-corrected chi connectivity index (χ2v) is 3.15. The topological polar surface area (TPSA) is 9.23 Å². The standard InChI is InChI=1S/C9H15BO/c1-11-7-9-4-2-3-8(5-9)6-10/h5,8H,2-4,6-7H2,1H3. The first-order valence-electron chi connectivity index (χ1n) is 4.25. The van der Waals surface area contributed by atoms with E-state index >= 15 is 0 Å². The Kier molecular flexibility index (Phi) is 3.71. The van der Waals surface area contributed by atoms with Crippen LogP contribution in [0.25, 0.3) is 0 Å². The Morgan fingerprint density at radius 2 is 2.55 bits per heavy atom. The van der Waals surface area contributed by atoms with Gasteiger partial charge in [-0.25, -0.2) is 0 Å². The van der Waals surface area contributed by atoms with Gasteiger partial charge in [0.05, 0.1) is 14.5 Å². The molecule has 1 rings (SSSR count). The van der Waals surface area contributed by atoms with Crippen LogP contribution in [-0.2, 0) is 4.74 Å². The van der Waals surface area contributed by atoms with Crippen LogP contribution in [0.5, 0.6) is 0 Å². The number of hydrogen-bond acceptors (Lipinski definition) is 1. The third kappa shape index (κ3) is 2.70. The minimum Gasteiger partial charge on any atom is -0.380 e. The Balaban J connectivity index is 2.43. The molecular formula is C9H15BO. The van der Waals surface area contributed by atoms with Crippen LogP contribution in [0.1, 0.15) is 19.3 Å². The second kappa shape index (κ2) is 4.60. The number of rotatable bonds is 3. The molecule has 1 unspecified atom stereocenters. The monoisotopic (exact) mass is 150 g/mol. The van der Waals surface area contributed by atoms with Crippen molar-refractivity contribution in [3.63, 3.8) is 0 Å². The number of hydrogen-bond donors (Lipinski definition) is 0. The smallest absolute Gasteiger partial charge is 0.0673 e. The lowest BCUT2D eigenvalue weighted by Gasteiger charge is -2.19. The van der Waals surface area contributed by atoms with E-state index in [0.29, 0.717) is 5.92 Å². The molecule has 1 aliphatic rings. The van der Waals surface area contributed by atoms with Crippen molar-refractivity contribution < 1.29 is 4.74 Å². The molecule has 0 aliphatic heterocycles. The fourth-order valence-corrected chi connectivity index (χ4v) is 1.58. The van der Waals surface area contributed by atoms with Crippen molar-refractivity contribution in [1.29, 1.82) is 0 Å². The highest BCUT2D eigenvalue weighted by molar-refractivity contribution is 6.08. The number of ether oxygens (including phenoxy) is 1. The molecule has 0 saturated heterocycles. The zero-order chi connectivity index (χ0) is 8.10. The molecule has 1 aliphatic carbocycles. The summed E-state index contributed by atoms with van der Waals surface area (Å²) in [7, 11) is 7.32. The van der Waals surface area contributed by atoms with Gasteiger partial charge in [0.15, 0.2) is 0 Å². The summed E-state index contributed by atoms with van der Waals surface area (Å²) in [6, 6.07) is 0. The predicted octanol–water partition coefficient (Wildman–Crippen LogP) is 1.95. The normalized spacial score (nSPS) is 24.8. The van der Waals surface area contributed by atoms with Gasteiger partial charge in [-0.05, 0) is 30.8 Å². The first kappa shape index (κ1) is 8.86. The van der Waals surface area contributed by atoms with Crippen LogP contribution < -0.4 is 0 Å². The van der Waals surface area contributed by atoms with Crippen LogP contribution in [-0.4, -0.2) is 21.6 Å². The highest BCUT2D eigenvalue weighted by Crippen LogP contribution is 2.24. The van der Waals surface area contributed by atoms with Crippen molar-refractivity contribution in [2.24, 2.45) is 5.92 Å². The molecule has 60 valence electrons. The van der Waals surface area contributed by atoms with E-state index < -0.39 is 0 Å². The Labute approximate surface area is 70.2 Å². The molecule has 0 spiro atoms. The fraction of sp³-hybridized carbons (Fsp3) is 0.778. The molecule has 0 heterocycles. The van der Waals surface area contributed by atoms with Gasteiger partial charge in [-0.1, -0.05) is 12.4 Å². The molecule has 1 nitrogen and oxygen atoms in total. The lowest BCUT2D eigenvalue weighted by Crippen LogP contribution is -2.07. The van der Waals surface area contributed by atoms with Crippen molar-refractivity contribution in [2.75, 3.05) is 13.7 Å². The summed E-state index contributed by atoms with van der Waals surface area (Å²) >= 11 is 0. The zero-order valence-corrected chi connectivity index (χ0v) is 7.18. The lowest BCUT2D eigenvalue weighted by atomic mass is 9.82. The quantitative estimate of drug-likeness (QED) is 0.441. The average molecular weight is 150 g/mol. The highest BCUT2D eigenvalue weighted by Gasteiger charge is 2.10. The molecule has 0 fully saturated rings. The van der Waals surface area contributed by atoms with Crippen LogP contribution in [0.2, 0.25) is 6.32 Å². The summed E-state index contributed by atoms with van der Waals surface area (Å²) in [6.45, 7) is 0.788. The molecule has 0 saturated carbocycles. The summed E-state index contributed by atoms with van der Waals surface area (Å²) in [6.07, 6.45) is 6.80. The van der Waals surface area contributed by atoms with E-state index in [2.05, 4.69) is 6.08 Å². The van der Waals surface area contributed by atoms with E-state index in [1.165, 1.54) is 24.8 Å². The third-order valence-corrected chi connectivity index (χ3v) is 2.18. The van der Waals surface area contributed by atoms with Crippen molar-refractivity contribution in [1.82, 2.24) is 0 Å². The summed E-state index contributed by atoms with van der Waals surface area (Å²) in [5.74, 6) is 0.605. The SMILES string of the molecule is [B]CC1C=C(COC)CCC1. The first-order valence-corrected chi connectivity index (χ1v) is 4.25. The first-order chi connectivity index (χ1) is 5.36. The van der Waals surface area contributed by atoms with Crippen molar-refractivity contribution >= 4 is 7.85 Å². The maximum Gasteiger partial charge on any atom is 0.0673 e. The molecule has 2 radical (unpaired) electrons. The van der Waals surface area contributed by atoms with Gasteiger partial charge >= 0.3 is 0 Å². The van der Waals surface area contributed by atoms with Crippen molar-refractivity contribution in [3.05, 3.63) is 11.6 Å². The lowest BCUT2D eigenvalue weighted by molar-refractivity contribution is 0.220. The van der Waals surface area contributed by atoms with Crippen LogP contribution in [0.3, 0.4) is 0 Å². The van der Waals surface area contributed by atoms with E-state index in [4.69, 9.17) is 12.6 Å². The van der Waals surface area contributed by atoms with Gasteiger partial charge in [0.25, 0.3) is 0 Å². The Hall–Kier alpha value is -0.235. The fourth-order valence-electron chi connectivity index (χ4n) is 1.58. The van der Waals surface area contributed by atoms with Gasteiger partial charge in [-0.2, -0.15) is 0 Å². The molecule has 2 heteroatoms. The molecule has 0 bridgehead atoms. The van der Waals surface area contributed by atoms with Crippen molar-refractivity contribution in [2.45, 2.75) is 25.6 Å². The summed E-state index contributed by atoms with van der Waals surface area (Å²) < 4.78 is 5.07. The summed E-state index contributed by atoms with van der Waals surface area (Å²) in [5.41, 5.74) is 1.43. The molecule has 1 atom stereocenters. The minimum atomic E-state index is 0.605. The van der Waals surface area contributed by atoms with Gasteiger partial charge in [0.1, 0.15) is 0 Å². The summed E-state index contributed by atoms with van der Waals surface area (Å²) in [5, 5.41) is 0. The van der Waals surface area contributed by atoms with Crippen LogP contribution in [0.15, 0.2) is 11.6 Å². The van der Waals surface area contributed by atoms with E-state index in [9.17, 15) is 0 Å². The second-order valence-electron chi connectivity index (χ2n) is 3.15. The van der Waals surface area contributed by atoms with Gasteiger partial charge in [0, 0.05) is 7.11 Å². The Morgan fingerprint density at radius 3 is 3.18 bits per heavy atom. The van der Waals surface area contributed by atoms with E-state index in [0.717, 1.165) is 12.9 Å². The largest absolute Gasteiger partial charge is 0.380 e. The molecule has 0 aromatic rings. The predicted molar refractivity (Wildman–Crippen MR) is 47.9 cm³/mol. The zero-order valence-electron chi connectivity index (χ0n) is 7.18. The van der Waals surface area contributed by atoms with Gasteiger partial charge < -0.3 is 4.74 Å². The van der Waals surface area contributed by atoms with Crippen LogP contribution in [0, 0.1) is 5.92 Å². The van der Waals surface area contributed by atoms with Gasteiger partial charge in [0.2, 0.25) is 0 Å². The maximum absolute atomic E-state index is 5.58. The Bertz CT molecular complexity index is 142. The van der Waals surface area contributed by atoms with Crippen LogP contribution in [0.4, 0.5) is 0 Å². The molecule has 0 amide bonds.